The molecule has 2 aromatic carbocycles. The van der Waals surface area contributed by atoms with Crippen LogP contribution in [-0.2, 0) is 21.0 Å². The summed E-state index contributed by atoms with van der Waals surface area (Å²) < 4.78 is 10.6. The lowest BCUT2D eigenvalue weighted by atomic mass is 9.75. The first kappa shape index (κ1) is 17.4. The van der Waals surface area contributed by atoms with Crippen molar-refractivity contribution >= 4 is 0 Å². The molecule has 1 unspecified atom stereocenters. The van der Waals surface area contributed by atoms with Crippen LogP contribution in [0.25, 0.3) is 0 Å². The highest BCUT2D eigenvalue weighted by Crippen LogP contribution is 2.55. The van der Waals surface area contributed by atoms with E-state index in [1.54, 1.807) is 14.2 Å². The molecule has 0 radical (unpaired) electrons. The third-order valence-electron chi connectivity index (χ3n) is 6.11. The van der Waals surface area contributed by atoms with E-state index in [9.17, 15) is 0 Å². The third kappa shape index (κ3) is 2.68. The standard InChI is InChI=1S/C22H26O4/c1-16-15-21(17-5-9-19(23-2)10-6-17)13-4-14-22(16,26-25-21)18-7-11-20(24-3)12-8-18/h5-12,16H,4,13-15H2,1-3H3/t16?,21-,22+/m0/s1. The first-order valence-electron chi connectivity index (χ1n) is 9.28. The van der Waals surface area contributed by atoms with Gasteiger partial charge in [-0.3, -0.25) is 0 Å². The maximum Gasteiger partial charge on any atom is 0.131 e. The van der Waals surface area contributed by atoms with E-state index in [1.807, 2.05) is 24.3 Å². The van der Waals surface area contributed by atoms with Crippen LogP contribution in [0.4, 0.5) is 0 Å². The fourth-order valence-electron chi connectivity index (χ4n) is 4.55. The Morgan fingerprint density at radius 1 is 0.808 bits per heavy atom. The van der Waals surface area contributed by atoms with Crippen LogP contribution in [0.3, 0.4) is 0 Å². The van der Waals surface area contributed by atoms with Crippen LogP contribution in [0.2, 0.25) is 0 Å². The van der Waals surface area contributed by atoms with Crippen molar-refractivity contribution in [3.8, 4) is 11.5 Å². The minimum Gasteiger partial charge on any atom is -0.497 e. The van der Waals surface area contributed by atoms with Gasteiger partial charge in [-0.05, 0) is 67.0 Å². The fourth-order valence-corrected chi connectivity index (χ4v) is 4.55. The molecule has 2 saturated heterocycles. The molecular formula is C22H26O4. The fraction of sp³-hybridized carbons (Fsp3) is 0.455. The van der Waals surface area contributed by atoms with Gasteiger partial charge in [0.1, 0.15) is 22.7 Å². The first-order chi connectivity index (χ1) is 12.6. The highest BCUT2D eigenvalue weighted by Gasteiger charge is 2.54. The Kier molecular flexibility index (Phi) is 4.41. The van der Waals surface area contributed by atoms with Gasteiger partial charge in [0, 0.05) is 0 Å². The molecule has 0 amide bonds. The molecule has 1 aliphatic carbocycles. The van der Waals surface area contributed by atoms with Crippen LogP contribution < -0.4 is 9.47 Å². The monoisotopic (exact) mass is 354 g/mol. The molecule has 5 rings (SSSR count). The molecule has 1 saturated carbocycles. The summed E-state index contributed by atoms with van der Waals surface area (Å²) in [6.07, 6.45) is 3.91. The number of methoxy groups -OCH3 is 2. The molecule has 3 aliphatic rings. The molecular weight excluding hydrogens is 328 g/mol. The molecule has 0 aromatic heterocycles. The molecule has 2 heterocycles. The van der Waals surface area contributed by atoms with Crippen molar-refractivity contribution < 1.29 is 19.2 Å². The minimum absolute atomic E-state index is 0.342. The second-order valence-electron chi connectivity index (χ2n) is 7.47. The summed E-state index contributed by atoms with van der Waals surface area (Å²) in [5.41, 5.74) is 1.56. The lowest BCUT2D eigenvalue weighted by Gasteiger charge is -2.46. The number of fused-ring (bicyclic) bond motifs is 4. The summed E-state index contributed by atoms with van der Waals surface area (Å²) in [6.45, 7) is 2.27. The molecule has 3 fully saturated rings. The van der Waals surface area contributed by atoms with Crippen molar-refractivity contribution in [2.75, 3.05) is 14.2 Å². The van der Waals surface area contributed by atoms with Crippen LogP contribution in [-0.4, -0.2) is 14.2 Å². The molecule has 2 aliphatic heterocycles. The molecule has 2 bridgehead atoms. The molecule has 2 aromatic rings. The highest BCUT2D eigenvalue weighted by molar-refractivity contribution is 5.35. The van der Waals surface area contributed by atoms with E-state index in [4.69, 9.17) is 19.2 Å². The SMILES string of the molecule is COc1ccc([C@@]23CCC[C@@](c4ccc(OC)cc4)(OO2)C(C)C3)cc1. The lowest BCUT2D eigenvalue weighted by Crippen LogP contribution is -2.46. The maximum atomic E-state index is 6.20. The average Bonchev–Trinajstić information content (AvgIpc) is 2.98. The second kappa shape index (κ2) is 6.60. The lowest BCUT2D eigenvalue weighted by molar-refractivity contribution is -0.456. The van der Waals surface area contributed by atoms with Crippen LogP contribution in [0.5, 0.6) is 11.5 Å². The van der Waals surface area contributed by atoms with E-state index in [-0.39, 0.29) is 5.60 Å². The van der Waals surface area contributed by atoms with E-state index in [0.717, 1.165) is 48.3 Å². The molecule has 4 nitrogen and oxygen atoms in total. The maximum absolute atomic E-state index is 6.20. The number of hydrogen-bond donors (Lipinski definition) is 0. The van der Waals surface area contributed by atoms with Crippen molar-refractivity contribution in [1.82, 2.24) is 0 Å². The van der Waals surface area contributed by atoms with E-state index in [2.05, 4.69) is 31.2 Å². The van der Waals surface area contributed by atoms with E-state index in [0.29, 0.717) is 5.92 Å². The number of hydrogen-bond acceptors (Lipinski definition) is 4. The quantitative estimate of drug-likeness (QED) is 0.727. The van der Waals surface area contributed by atoms with Gasteiger partial charge < -0.3 is 9.47 Å². The molecule has 4 heteroatoms. The Balaban J connectivity index is 1.65. The summed E-state index contributed by atoms with van der Waals surface area (Å²) in [5.74, 6) is 2.06. The van der Waals surface area contributed by atoms with Crippen LogP contribution in [0.15, 0.2) is 48.5 Å². The van der Waals surface area contributed by atoms with Gasteiger partial charge >= 0.3 is 0 Å². The van der Waals surface area contributed by atoms with E-state index in [1.165, 1.54) is 0 Å². The Morgan fingerprint density at radius 3 is 1.92 bits per heavy atom. The van der Waals surface area contributed by atoms with Crippen LogP contribution in [0.1, 0.15) is 43.7 Å². The predicted octanol–water partition coefficient (Wildman–Crippen LogP) is 4.97. The Bertz CT molecular complexity index is 755. The van der Waals surface area contributed by atoms with Gasteiger partial charge in [-0.2, -0.15) is 0 Å². The van der Waals surface area contributed by atoms with Gasteiger partial charge in [0.25, 0.3) is 0 Å². The molecule has 26 heavy (non-hydrogen) atoms. The van der Waals surface area contributed by atoms with Crippen molar-refractivity contribution in [2.45, 2.75) is 43.8 Å². The Morgan fingerprint density at radius 2 is 1.38 bits per heavy atom. The van der Waals surface area contributed by atoms with Crippen LogP contribution >= 0.6 is 0 Å². The Labute approximate surface area is 155 Å². The van der Waals surface area contributed by atoms with Gasteiger partial charge in [0.2, 0.25) is 0 Å². The predicted molar refractivity (Wildman–Crippen MR) is 99.1 cm³/mol. The summed E-state index contributed by atoms with van der Waals surface area (Å²) >= 11 is 0. The minimum atomic E-state index is -0.390. The van der Waals surface area contributed by atoms with Crippen molar-refractivity contribution in [3.63, 3.8) is 0 Å². The van der Waals surface area contributed by atoms with Crippen LogP contribution in [0, 0.1) is 5.92 Å². The van der Waals surface area contributed by atoms with Crippen molar-refractivity contribution in [2.24, 2.45) is 5.92 Å². The van der Waals surface area contributed by atoms with Gasteiger partial charge in [0.05, 0.1) is 14.2 Å². The van der Waals surface area contributed by atoms with E-state index < -0.39 is 5.60 Å². The summed E-state index contributed by atoms with van der Waals surface area (Å²) in [5, 5.41) is 0. The van der Waals surface area contributed by atoms with Crippen molar-refractivity contribution in [3.05, 3.63) is 59.7 Å². The molecule has 138 valence electrons. The topological polar surface area (TPSA) is 36.9 Å². The summed E-state index contributed by atoms with van der Waals surface area (Å²) in [4.78, 5) is 12.4. The Hall–Kier alpha value is -2.04. The van der Waals surface area contributed by atoms with Gasteiger partial charge in [-0.25, -0.2) is 9.78 Å². The van der Waals surface area contributed by atoms with Gasteiger partial charge in [0.15, 0.2) is 0 Å². The van der Waals surface area contributed by atoms with E-state index >= 15 is 0 Å². The van der Waals surface area contributed by atoms with Gasteiger partial charge in [-0.1, -0.05) is 31.2 Å². The smallest absolute Gasteiger partial charge is 0.131 e. The highest BCUT2D eigenvalue weighted by atomic mass is 17.2. The zero-order chi connectivity index (χ0) is 18.2. The first-order valence-corrected chi connectivity index (χ1v) is 9.28. The largest absolute Gasteiger partial charge is 0.497 e. The number of rotatable bonds is 4. The summed E-state index contributed by atoms with van der Waals surface area (Å²) in [7, 11) is 3.37. The average molecular weight is 354 g/mol. The second-order valence-corrected chi connectivity index (χ2v) is 7.47. The number of benzene rings is 2. The molecule has 0 N–H and O–H groups in total. The number of ether oxygens (including phenoxy) is 2. The zero-order valence-corrected chi connectivity index (χ0v) is 15.7. The zero-order valence-electron chi connectivity index (χ0n) is 15.7. The molecule has 0 spiro atoms. The van der Waals surface area contributed by atoms with Gasteiger partial charge in [-0.15, -0.1) is 0 Å². The van der Waals surface area contributed by atoms with Crippen molar-refractivity contribution in [1.29, 1.82) is 0 Å². The summed E-state index contributed by atoms with van der Waals surface area (Å²) in [6, 6.07) is 16.4. The normalized spacial score (nSPS) is 30.7. The molecule has 3 atom stereocenters. The third-order valence-corrected chi connectivity index (χ3v) is 6.11.